The van der Waals surface area contributed by atoms with Gasteiger partial charge < -0.3 is 15.2 Å². The first-order valence-electron chi connectivity index (χ1n) is 7.18. The molecule has 5 nitrogen and oxygen atoms in total. The van der Waals surface area contributed by atoms with Gasteiger partial charge in [0.05, 0.1) is 26.3 Å². The summed E-state index contributed by atoms with van der Waals surface area (Å²) in [5.74, 6) is 0.136. The van der Waals surface area contributed by atoms with E-state index in [0.29, 0.717) is 35.1 Å². The molecule has 2 N–H and O–H groups in total. The second-order valence-corrected chi connectivity index (χ2v) is 8.17. The van der Waals surface area contributed by atoms with Crippen LogP contribution in [0.25, 0.3) is 6.08 Å². The monoisotopic (exact) mass is 520 g/mol. The smallest absolute Gasteiger partial charge is 0.264 e. The molecule has 2 aromatic rings. The molecule has 1 heterocycles. The molecule has 0 radical (unpaired) electrons. The lowest BCUT2D eigenvalue weighted by Gasteiger charge is -2.06. The highest BCUT2D eigenvalue weighted by atomic mass is 127. The number of nitrogens with one attached hydrogen (secondary N) is 1. The molecule has 26 heavy (non-hydrogen) atoms. The fourth-order valence-corrected chi connectivity index (χ4v) is 3.93. The number of hydrogen-bond donors (Lipinski definition) is 2. The van der Waals surface area contributed by atoms with Crippen LogP contribution >= 0.6 is 57.6 Å². The Morgan fingerprint density at radius 2 is 2.08 bits per heavy atom. The number of rotatable bonds is 3. The van der Waals surface area contributed by atoms with Crippen molar-refractivity contribution in [2.75, 3.05) is 7.11 Å². The van der Waals surface area contributed by atoms with Crippen molar-refractivity contribution < 1.29 is 14.6 Å². The number of carbonyl (C=O) groups excluding carboxylic acids is 1. The zero-order chi connectivity index (χ0) is 18.8. The minimum Gasteiger partial charge on any atom is -0.504 e. The zero-order valence-electron chi connectivity index (χ0n) is 13.2. The highest BCUT2D eigenvalue weighted by molar-refractivity contribution is 14.1. The maximum absolute atomic E-state index is 12.2. The Balaban J connectivity index is 1.91. The van der Waals surface area contributed by atoms with Gasteiger partial charge in [0.1, 0.15) is 0 Å². The summed E-state index contributed by atoms with van der Waals surface area (Å²) in [4.78, 5) is 17.0. The van der Waals surface area contributed by atoms with Gasteiger partial charge in [0.25, 0.3) is 5.91 Å². The average Bonchev–Trinajstić information content (AvgIpc) is 2.93. The van der Waals surface area contributed by atoms with Gasteiger partial charge in [-0.25, -0.2) is 4.99 Å². The van der Waals surface area contributed by atoms with Crippen molar-refractivity contribution in [2.45, 2.75) is 0 Å². The van der Waals surface area contributed by atoms with Crippen LogP contribution in [-0.4, -0.2) is 23.3 Å². The van der Waals surface area contributed by atoms with Crippen molar-refractivity contribution in [3.05, 3.63) is 54.4 Å². The number of ether oxygens (including phenoxy) is 1. The topological polar surface area (TPSA) is 70.9 Å². The van der Waals surface area contributed by atoms with Gasteiger partial charge in [0, 0.05) is 5.02 Å². The quantitative estimate of drug-likeness (QED) is 0.431. The van der Waals surface area contributed by atoms with E-state index < -0.39 is 0 Å². The van der Waals surface area contributed by atoms with E-state index in [-0.39, 0.29) is 11.7 Å². The summed E-state index contributed by atoms with van der Waals surface area (Å²) in [5.41, 5.74) is 1.20. The third-order valence-electron chi connectivity index (χ3n) is 3.35. The molecule has 134 valence electrons. The number of aromatic hydroxyl groups is 1. The van der Waals surface area contributed by atoms with Crippen LogP contribution < -0.4 is 10.1 Å². The SMILES string of the molecule is COc1cc(/C=C2/SC(=Nc3cc(Cl)ccc3Cl)NC2=O)cc(I)c1O. The van der Waals surface area contributed by atoms with Crippen LogP contribution in [0.3, 0.4) is 0 Å². The number of carbonyl (C=O) groups is 1. The molecule has 1 aliphatic heterocycles. The molecule has 1 saturated heterocycles. The molecule has 0 bridgehead atoms. The third-order valence-corrected chi connectivity index (χ3v) is 5.64. The van der Waals surface area contributed by atoms with Gasteiger partial charge in [0.15, 0.2) is 16.7 Å². The molecule has 0 saturated carbocycles. The van der Waals surface area contributed by atoms with Gasteiger partial charge in [-0.1, -0.05) is 23.2 Å². The predicted molar refractivity (Wildman–Crippen MR) is 115 cm³/mol. The number of amidine groups is 1. The Morgan fingerprint density at radius 1 is 1.31 bits per heavy atom. The minimum atomic E-state index is -0.269. The predicted octanol–water partition coefficient (Wildman–Crippen LogP) is 5.20. The second kappa shape index (κ2) is 8.08. The summed E-state index contributed by atoms with van der Waals surface area (Å²) in [6.07, 6.45) is 1.70. The van der Waals surface area contributed by atoms with E-state index in [1.54, 1.807) is 36.4 Å². The van der Waals surface area contributed by atoms with E-state index >= 15 is 0 Å². The van der Waals surface area contributed by atoms with Gasteiger partial charge in [-0.05, 0) is 76.3 Å². The highest BCUT2D eigenvalue weighted by Crippen LogP contribution is 2.35. The largest absolute Gasteiger partial charge is 0.504 e. The molecule has 0 spiro atoms. The molecule has 0 atom stereocenters. The summed E-state index contributed by atoms with van der Waals surface area (Å²) in [6.45, 7) is 0. The van der Waals surface area contributed by atoms with Crippen LogP contribution in [0.2, 0.25) is 10.0 Å². The lowest BCUT2D eigenvalue weighted by atomic mass is 10.2. The molecule has 9 heteroatoms. The fraction of sp³-hybridized carbons (Fsp3) is 0.0588. The van der Waals surface area contributed by atoms with Crippen molar-refractivity contribution in [2.24, 2.45) is 4.99 Å². The number of phenols is 1. The van der Waals surface area contributed by atoms with Crippen LogP contribution in [0.4, 0.5) is 5.69 Å². The summed E-state index contributed by atoms with van der Waals surface area (Å²) in [7, 11) is 1.47. The van der Waals surface area contributed by atoms with E-state index in [1.165, 1.54) is 18.9 Å². The lowest BCUT2D eigenvalue weighted by Crippen LogP contribution is -2.19. The van der Waals surface area contributed by atoms with Crippen molar-refractivity contribution >= 4 is 80.4 Å². The Labute approximate surface area is 177 Å². The maximum Gasteiger partial charge on any atom is 0.264 e. The molecule has 3 rings (SSSR count). The average molecular weight is 521 g/mol. The Kier molecular flexibility index (Phi) is 6.01. The normalized spacial score (nSPS) is 17.0. The molecule has 1 amide bonds. The van der Waals surface area contributed by atoms with Crippen molar-refractivity contribution in [1.82, 2.24) is 5.32 Å². The van der Waals surface area contributed by atoms with Crippen LogP contribution in [0.15, 0.2) is 40.2 Å². The van der Waals surface area contributed by atoms with E-state index in [1.807, 2.05) is 22.6 Å². The molecule has 0 aliphatic carbocycles. The summed E-state index contributed by atoms with van der Waals surface area (Å²) in [5, 5.41) is 14.0. The molecule has 1 aliphatic rings. The molecule has 2 aromatic carbocycles. The zero-order valence-corrected chi connectivity index (χ0v) is 17.7. The van der Waals surface area contributed by atoms with Crippen molar-refractivity contribution in [3.63, 3.8) is 0 Å². The number of thioether (sulfide) groups is 1. The highest BCUT2D eigenvalue weighted by Gasteiger charge is 2.24. The summed E-state index contributed by atoms with van der Waals surface area (Å²) in [6, 6.07) is 8.34. The maximum atomic E-state index is 12.2. The fourth-order valence-electron chi connectivity index (χ4n) is 2.15. The van der Waals surface area contributed by atoms with Crippen molar-refractivity contribution in [1.29, 1.82) is 0 Å². The number of methoxy groups -OCH3 is 1. The third kappa shape index (κ3) is 4.28. The van der Waals surface area contributed by atoms with E-state index in [4.69, 9.17) is 27.9 Å². The lowest BCUT2D eigenvalue weighted by molar-refractivity contribution is -0.115. The molecule has 0 aromatic heterocycles. The van der Waals surface area contributed by atoms with Gasteiger partial charge in [0.2, 0.25) is 0 Å². The van der Waals surface area contributed by atoms with E-state index in [0.717, 1.165) is 5.56 Å². The first kappa shape index (κ1) is 19.3. The van der Waals surface area contributed by atoms with E-state index in [2.05, 4.69) is 10.3 Å². The number of phenolic OH excluding ortho intramolecular Hbond substituents is 1. The summed E-state index contributed by atoms with van der Waals surface area (Å²) >= 11 is 15.2. The van der Waals surface area contributed by atoms with Gasteiger partial charge in [-0.2, -0.15) is 0 Å². The van der Waals surface area contributed by atoms with E-state index in [9.17, 15) is 9.90 Å². The molecule has 1 fully saturated rings. The Bertz CT molecular complexity index is 963. The number of hydrogen-bond acceptors (Lipinski definition) is 5. The molecule has 0 unspecified atom stereocenters. The number of nitrogens with zero attached hydrogens (tertiary/aromatic N) is 1. The van der Waals surface area contributed by atoms with Crippen LogP contribution in [0.5, 0.6) is 11.5 Å². The minimum absolute atomic E-state index is 0.0663. The molecular weight excluding hydrogens is 510 g/mol. The number of halogens is 3. The van der Waals surface area contributed by atoms with Crippen LogP contribution in [-0.2, 0) is 4.79 Å². The summed E-state index contributed by atoms with van der Waals surface area (Å²) < 4.78 is 5.76. The Hall–Kier alpha value is -1.42. The van der Waals surface area contributed by atoms with Crippen molar-refractivity contribution in [3.8, 4) is 11.5 Å². The number of amides is 1. The first-order valence-corrected chi connectivity index (χ1v) is 9.83. The Morgan fingerprint density at radius 3 is 2.81 bits per heavy atom. The van der Waals surface area contributed by atoms with Gasteiger partial charge >= 0.3 is 0 Å². The second-order valence-electron chi connectivity index (χ2n) is 5.13. The first-order chi connectivity index (χ1) is 12.4. The number of aliphatic imine (C=N–C) groups is 1. The van der Waals surface area contributed by atoms with Crippen LogP contribution in [0.1, 0.15) is 5.56 Å². The number of benzene rings is 2. The van der Waals surface area contributed by atoms with Gasteiger partial charge in [-0.3, -0.25) is 4.79 Å². The van der Waals surface area contributed by atoms with Gasteiger partial charge in [-0.15, -0.1) is 0 Å². The molecular formula is C17H11Cl2IN2O3S. The standard InChI is InChI=1S/C17H11Cl2IN2O3S/c1-25-13-5-8(4-11(20)15(13)23)6-14-16(24)22-17(26-14)21-12-7-9(18)2-3-10(12)19/h2-7,23H,1H3,(H,21,22,24)/b14-6+. The van der Waals surface area contributed by atoms with Crippen LogP contribution in [0, 0.1) is 3.57 Å².